The van der Waals surface area contributed by atoms with Crippen molar-refractivity contribution in [2.24, 2.45) is 0 Å². The highest BCUT2D eigenvalue weighted by Gasteiger charge is 2.25. The van der Waals surface area contributed by atoms with Crippen molar-refractivity contribution in [1.82, 2.24) is 19.9 Å². The van der Waals surface area contributed by atoms with Crippen molar-refractivity contribution in [3.8, 4) is 0 Å². The van der Waals surface area contributed by atoms with E-state index in [1.54, 1.807) is 18.6 Å². The van der Waals surface area contributed by atoms with Crippen LogP contribution in [0.15, 0.2) is 61.1 Å². The number of anilines is 3. The van der Waals surface area contributed by atoms with Gasteiger partial charge in [-0.3, -0.25) is 4.79 Å². The van der Waals surface area contributed by atoms with Gasteiger partial charge in [-0.05, 0) is 30.2 Å². The molecule has 0 aliphatic carbocycles. The molecule has 5 rings (SSSR count). The molecule has 0 saturated carbocycles. The highest BCUT2D eigenvalue weighted by Crippen LogP contribution is 2.32. The summed E-state index contributed by atoms with van der Waals surface area (Å²) in [7, 11) is 0. The van der Waals surface area contributed by atoms with E-state index in [1.807, 2.05) is 29.2 Å². The van der Waals surface area contributed by atoms with Crippen molar-refractivity contribution in [3.05, 3.63) is 72.2 Å². The number of para-hydroxylation sites is 1. The quantitative estimate of drug-likeness (QED) is 0.689. The van der Waals surface area contributed by atoms with Crippen LogP contribution in [0.5, 0.6) is 0 Å². The number of hydrogen-bond donors (Lipinski definition) is 0. The maximum atomic E-state index is 12.9. The van der Waals surface area contributed by atoms with Crippen molar-refractivity contribution in [1.29, 1.82) is 0 Å². The van der Waals surface area contributed by atoms with Gasteiger partial charge in [0.2, 0.25) is 5.95 Å². The monoisotopic (exact) mass is 386 g/mol. The first-order chi connectivity index (χ1) is 14.3. The van der Waals surface area contributed by atoms with Crippen LogP contribution in [0.3, 0.4) is 0 Å². The topological polar surface area (TPSA) is 65.5 Å². The number of amides is 1. The van der Waals surface area contributed by atoms with E-state index in [-0.39, 0.29) is 5.91 Å². The van der Waals surface area contributed by atoms with E-state index < -0.39 is 0 Å². The Morgan fingerprint density at radius 2 is 1.59 bits per heavy atom. The predicted octanol–water partition coefficient (Wildman–Crippen LogP) is 2.53. The number of aromatic nitrogens is 3. The summed E-state index contributed by atoms with van der Waals surface area (Å²) in [5.41, 5.74) is 2.99. The van der Waals surface area contributed by atoms with Gasteiger partial charge in [-0.25, -0.2) is 15.0 Å². The Morgan fingerprint density at radius 1 is 0.828 bits per heavy atom. The standard InChI is InChI=1S/C22H22N6O/c29-21(27-13-11-26(12-14-27)20-7-3-4-9-23-20)18-15-24-22(25-16-18)28-10-8-17-5-1-2-6-19(17)28/h1-7,9,15-16H,8,10-14H2. The van der Waals surface area contributed by atoms with Gasteiger partial charge in [-0.1, -0.05) is 24.3 Å². The molecule has 0 spiro atoms. The van der Waals surface area contributed by atoms with Gasteiger partial charge in [0.25, 0.3) is 5.91 Å². The zero-order valence-corrected chi connectivity index (χ0v) is 16.1. The maximum Gasteiger partial charge on any atom is 0.257 e. The van der Waals surface area contributed by atoms with Gasteiger partial charge < -0.3 is 14.7 Å². The van der Waals surface area contributed by atoms with E-state index in [2.05, 4.69) is 43.0 Å². The molecule has 7 nitrogen and oxygen atoms in total. The van der Waals surface area contributed by atoms with Gasteiger partial charge in [-0.2, -0.15) is 0 Å². The minimum atomic E-state index is -0.0148. The van der Waals surface area contributed by atoms with Crippen LogP contribution in [0.4, 0.5) is 17.5 Å². The minimum absolute atomic E-state index is 0.0148. The molecule has 0 radical (unpaired) electrons. The lowest BCUT2D eigenvalue weighted by Gasteiger charge is -2.35. The number of carbonyl (C=O) groups excluding carboxylic acids is 1. The number of pyridine rings is 1. The molecule has 146 valence electrons. The molecular weight excluding hydrogens is 364 g/mol. The van der Waals surface area contributed by atoms with Crippen LogP contribution < -0.4 is 9.80 Å². The molecule has 2 aliphatic heterocycles. The van der Waals surface area contributed by atoms with Crippen LogP contribution in [0.1, 0.15) is 15.9 Å². The maximum absolute atomic E-state index is 12.9. The molecule has 2 aromatic heterocycles. The highest BCUT2D eigenvalue weighted by molar-refractivity contribution is 5.94. The van der Waals surface area contributed by atoms with E-state index >= 15 is 0 Å². The third-order valence-electron chi connectivity index (χ3n) is 5.55. The van der Waals surface area contributed by atoms with E-state index in [0.29, 0.717) is 24.6 Å². The molecule has 3 aromatic rings. The van der Waals surface area contributed by atoms with Gasteiger partial charge in [0.15, 0.2) is 0 Å². The second kappa shape index (κ2) is 7.50. The molecule has 2 aliphatic rings. The molecular formula is C22H22N6O. The van der Waals surface area contributed by atoms with Gasteiger partial charge >= 0.3 is 0 Å². The lowest BCUT2D eigenvalue weighted by Crippen LogP contribution is -2.49. The summed E-state index contributed by atoms with van der Waals surface area (Å²) in [6, 6.07) is 14.2. The Balaban J connectivity index is 1.25. The minimum Gasteiger partial charge on any atom is -0.353 e. The summed E-state index contributed by atoms with van der Waals surface area (Å²) < 4.78 is 0. The first-order valence-corrected chi connectivity index (χ1v) is 9.92. The van der Waals surface area contributed by atoms with E-state index in [1.165, 1.54) is 5.56 Å². The molecule has 1 fully saturated rings. The second-order valence-electron chi connectivity index (χ2n) is 7.27. The lowest BCUT2D eigenvalue weighted by atomic mass is 10.2. The summed E-state index contributed by atoms with van der Waals surface area (Å²) in [5, 5.41) is 0. The smallest absolute Gasteiger partial charge is 0.257 e. The van der Waals surface area contributed by atoms with Crippen LogP contribution in [0.2, 0.25) is 0 Å². The largest absolute Gasteiger partial charge is 0.353 e. The van der Waals surface area contributed by atoms with Crippen molar-refractivity contribution >= 4 is 23.4 Å². The SMILES string of the molecule is O=C(c1cnc(N2CCc3ccccc32)nc1)N1CCN(c2ccccn2)CC1. The number of piperazine rings is 1. The summed E-state index contributed by atoms with van der Waals surface area (Å²) >= 11 is 0. The third-order valence-corrected chi connectivity index (χ3v) is 5.55. The normalized spacial score (nSPS) is 16.1. The lowest BCUT2D eigenvalue weighted by molar-refractivity contribution is 0.0745. The summed E-state index contributed by atoms with van der Waals surface area (Å²) in [4.78, 5) is 32.4. The van der Waals surface area contributed by atoms with Crippen molar-refractivity contribution < 1.29 is 4.79 Å². The molecule has 7 heteroatoms. The summed E-state index contributed by atoms with van der Waals surface area (Å²) in [6.45, 7) is 3.73. The van der Waals surface area contributed by atoms with Gasteiger partial charge in [0, 0.05) is 57.0 Å². The Morgan fingerprint density at radius 3 is 2.34 bits per heavy atom. The first kappa shape index (κ1) is 17.6. The highest BCUT2D eigenvalue weighted by atomic mass is 16.2. The van der Waals surface area contributed by atoms with Crippen molar-refractivity contribution in [3.63, 3.8) is 0 Å². The zero-order chi connectivity index (χ0) is 19.6. The number of hydrogen-bond acceptors (Lipinski definition) is 6. The van der Waals surface area contributed by atoms with Crippen LogP contribution in [0, 0.1) is 0 Å². The fourth-order valence-electron chi connectivity index (χ4n) is 3.98. The number of carbonyl (C=O) groups is 1. The molecule has 1 aromatic carbocycles. The second-order valence-corrected chi connectivity index (χ2v) is 7.27. The molecule has 1 amide bonds. The first-order valence-electron chi connectivity index (χ1n) is 9.92. The summed E-state index contributed by atoms with van der Waals surface area (Å²) in [6.07, 6.45) is 6.08. The summed E-state index contributed by atoms with van der Waals surface area (Å²) in [5.74, 6) is 1.59. The average Bonchev–Trinajstić information content (AvgIpc) is 3.24. The third kappa shape index (κ3) is 3.40. The average molecular weight is 386 g/mol. The number of rotatable bonds is 3. The number of fused-ring (bicyclic) bond motifs is 1. The van der Waals surface area contributed by atoms with Gasteiger partial charge in [0.1, 0.15) is 5.82 Å². The molecule has 0 atom stereocenters. The molecule has 0 bridgehead atoms. The Bertz CT molecular complexity index is 999. The van der Waals surface area contributed by atoms with E-state index in [9.17, 15) is 4.79 Å². The molecule has 0 N–H and O–H groups in total. The number of nitrogens with zero attached hydrogens (tertiary/aromatic N) is 6. The van der Waals surface area contributed by atoms with Crippen LogP contribution in [-0.2, 0) is 6.42 Å². The Kier molecular flexibility index (Phi) is 4.56. The number of benzene rings is 1. The molecule has 1 saturated heterocycles. The fraction of sp³-hybridized carbons (Fsp3) is 0.273. The molecule has 4 heterocycles. The predicted molar refractivity (Wildman–Crippen MR) is 112 cm³/mol. The molecule has 29 heavy (non-hydrogen) atoms. The molecule has 0 unspecified atom stereocenters. The Labute approximate surface area is 169 Å². The van der Waals surface area contributed by atoms with Crippen molar-refractivity contribution in [2.75, 3.05) is 42.5 Å². The Hall–Kier alpha value is -3.48. The fourth-order valence-corrected chi connectivity index (χ4v) is 3.98. The van der Waals surface area contributed by atoms with Gasteiger partial charge in [0.05, 0.1) is 5.56 Å². The zero-order valence-electron chi connectivity index (χ0n) is 16.1. The van der Waals surface area contributed by atoms with Crippen molar-refractivity contribution in [2.45, 2.75) is 6.42 Å². The van der Waals surface area contributed by atoms with E-state index in [0.717, 1.165) is 37.6 Å². The van der Waals surface area contributed by atoms with Gasteiger partial charge in [-0.15, -0.1) is 0 Å². The van der Waals surface area contributed by atoms with Crippen LogP contribution in [-0.4, -0.2) is 58.5 Å². The van der Waals surface area contributed by atoms with Crippen LogP contribution in [0.25, 0.3) is 0 Å². The van der Waals surface area contributed by atoms with Crippen LogP contribution >= 0.6 is 0 Å². The van der Waals surface area contributed by atoms with E-state index in [4.69, 9.17) is 0 Å².